The van der Waals surface area contributed by atoms with Crippen LogP contribution >= 0.6 is 11.5 Å². The zero-order valence-electron chi connectivity index (χ0n) is 11.9. The predicted octanol–water partition coefficient (Wildman–Crippen LogP) is 4.22. The molecule has 0 amide bonds. The van der Waals surface area contributed by atoms with E-state index in [0.29, 0.717) is 0 Å². The molecule has 1 aliphatic heterocycles. The van der Waals surface area contributed by atoms with E-state index in [1.807, 2.05) is 30.5 Å². The van der Waals surface area contributed by atoms with Gasteiger partial charge < -0.3 is 14.6 Å². The Bertz CT molecular complexity index is 840. The van der Waals surface area contributed by atoms with Gasteiger partial charge in [0.2, 0.25) is 6.79 Å². The topological polar surface area (TPSA) is 51.6 Å². The first kappa shape index (κ1) is 13.2. The maximum absolute atomic E-state index is 9.44. The molecule has 4 rings (SSSR count). The number of aryl methyl sites for hydroxylation is 1. The van der Waals surface area contributed by atoms with Crippen LogP contribution in [0.15, 0.2) is 41.8 Å². The fourth-order valence-electron chi connectivity index (χ4n) is 2.61. The number of hydrogen-bond donors (Lipinski definition) is 1. The molecule has 110 valence electrons. The van der Waals surface area contributed by atoms with Crippen LogP contribution in [-0.4, -0.2) is 16.3 Å². The van der Waals surface area contributed by atoms with Gasteiger partial charge in [0.1, 0.15) is 5.75 Å². The molecule has 3 aromatic rings. The van der Waals surface area contributed by atoms with Crippen LogP contribution in [0.3, 0.4) is 0 Å². The lowest BCUT2D eigenvalue weighted by atomic mass is 10.00. The number of rotatable bonds is 2. The predicted molar refractivity (Wildman–Crippen MR) is 85.5 cm³/mol. The molecule has 1 N–H and O–H groups in total. The average Bonchev–Trinajstić information content (AvgIpc) is 3.16. The van der Waals surface area contributed by atoms with Gasteiger partial charge in [0.25, 0.3) is 0 Å². The fraction of sp³-hybridized carbons (Fsp3) is 0.118. The van der Waals surface area contributed by atoms with Crippen LogP contribution in [-0.2, 0) is 0 Å². The van der Waals surface area contributed by atoms with Gasteiger partial charge in [0.05, 0.1) is 5.69 Å². The van der Waals surface area contributed by atoms with E-state index in [2.05, 4.69) is 10.4 Å². The second-order valence-electron chi connectivity index (χ2n) is 5.15. The number of fused-ring (bicyclic) bond motifs is 1. The van der Waals surface area contributed by atoms with E-state index >= 15 is 0 Å². The summed E-state index contributed by atoms with van der Waals surface area (Å²) in [6.45, 7) is 2.27. The Morgan fingerprint density at radius 3 is 2.73 bits per heavy atom. The average molecular weight is 311 g/mol. The fourth-order valence-corrected chi connectivity index (χ4v) is 3.33. The lowest BCUT2D eigenvalue weighted by Gasteiger charge is -2.07. The van der Waals surface area contributed by atoms with Crippen molar-refractivity contribution in [1.29, 1.82) is 0 Å². The first-order chi connectivity index (χ1) is 10.7. The second-order valence-corrected chi connectivity index (χ2v) is 5.78. The number of aromatic nitrogens is 1. The molecule has 1 aliphatic rings. The van der Waals surface area contributed by atoms with Crippen molar-refractivity contribution in [3.8, 4) is 39.6 Å². The Hall–Kier alpha value is -2.53. The van der Waals surface area contributed by atoms with Crippen molar-refractivity contribution >= 4 is 11.5 Å². The molecule has 0 spiro atoms. The molecule has 2 heterocycles. The summed E-state index contributed by atoms with van der Waals surface area (Å²) in [5, 5.41) is 11.5. The summed E-state index contributed by atoms with van der Waals surface area (Å²) in [5.74, 6) is 1.83. The summed E-state index contributed by atoms with van der Waals surface area (Å²) in [5.41, 5.74) is 5.03. The third kappa shape index (κ3) is 2.10. The SMILES string of the molecule is Cc1cc(-c2nscc2-c2ccc(O)cc2)cc2c1OCO2. The second kappa shape index (κ2) is 5.03. The quantitative estimate of drug-likeness (QED) is 0.770. The first-order valence-corrected chi connectivity index (χ1v) is 7.70. The van der Waals surface area contributed by atoms with Crippen LogP contribution in [0.25, 0.3) is 22.4 Å². The van der Waals surface area contributed by atoms with Crippen LogP contribution in [0.2, 0.25) is 0 Å². The largest absolute Gasteiger partial charge is 0.508 e. The van der Waals surface area contributed by atoms with Gasteiger partial charge in [0.15, 0.2) is 11.5 Å². The van der Waals surface area contributed by atoms with E-state index in [1.165, 1.54) is 11.5 Å². The molecule has 0 aliphatic carbocycles. The van der Waals surface area contributed by atoms with Crippen molar-refractivity contribution in [2.45, 2.75) is 6.92 Å². The minimum absolute atomic E-state index is 0.257. The van der Waals surface area contributed by atoms with Crippen molar-refractivity contribution in [2.24, 2.45) is 0 Å². The van der Waals surface area contributed by atoms with Gasteiger partial charge in [0, 0.05) is 16.5 Å². The number of benzene rings is 2. The molecule has 1 aromatic heterocycles. The molecular weight excluding hydrogens is 298 g/mol. The molecule has 5 heteroatoms. The smallest absolute Gasteiger partial charge is 0.231 e. The lowest BCUT2D eigenvalue weighted by molar-refractivity contribution is 0.173. The maximum atomic E-state index is 9.44. The highest BCUT2D eigenvalue weighted by Crippen LogP contribution is 2.41. The highest BCUT2D eigenvalue weighted by atomic mass is 32.1. The summed E-state index contributed by atoms with van der Waals surface area (Å²) >= 11 is 1.41. The summed E-state index contributed by atoms with van der Waals surface area (Å²) in [6.07, 6.45) is 0. The van der Waals surface area contributed by atoms with Gasteiger partial charge in [-0.05, 0) is 53.8 Å². The van der Waals surface area contributed by atoms with Crippen molar-refractivity contribution in [2.75, 3.05) is 6.79 Å². The monoisotopic (exact) mass is 311 g/mol. The van der Waals surface area contributed by atoms with Crippen LogP contribution in [0.1, 0.15) is 5.56 Å². The maximum Gasteiger partial charge on any atom is 0.231 e. The van der Waals surface area contributed by atoms with Crippen LogP contribution in [0.4, 0.5) is 0 Å². The van der Waals surface area contributed by atoms with Gasteiger partial charge in [-0.2, -0.15) is 4.37 Å². The number of aromatic hydroxyl groups is 1. The highest BCUT2D eigenvalue weighted by Gasteiger charge is 2.20. The zero-order valence-corrected chi connectivity index (χ0v) is 12.7. The third-order valence-electron chi connectivity index (χ3n) is 3.68. The summed E-state index contributed by atoms with van der Waals surface area (Å²) < 4.78 is 15.5. The van der Waals surface area contributed by atoms with E-state index in [0.717, 1.165) is 39.4 Å². The van der Waals surface area contributed by atoms with Crippen LogP contribution in [0.5, 0.6) is 17.2 Å². The molecule has 0 fully saturated rings. The molecule has 0 radical (unpaired) electrons. The van der Waals surface area contributed by atoms with E-state index in [9.17, 15) is 5.11 Å². The zero-order chi connectivity index (χ0) is 15.1. The Morgan fingerprint density at radius 2 is 1.91 bits per heavy atom. The number of phenols is 1. The molecule has 22 heavy (non-hydrogen) atoms. The van der Waals surface area contributed by atoms with Crippen molar-refractivity contribution < 1.29 is 14.6 Å². The molecule has 0 unspecified atom stereocenters. The molecule has 0 saturated carbocycles. The molecule has 0 saturated heterocycles. The minimum atomic E-state index is 0.257. The van der Waals surface area contributed by atoms with E-state index in [4.69, 9.17) is 9.47 Å². The van der Waals surface area contributed by atoms with Crippen molar-refractivity contribution in [3.05, 3.63) is 47.3 Å². The summed E-state index contributed by atoms with van der Waals surface area (Å²) in [4.78, 5) is 0. The van der Waals surface area contributed by atoms with Gasteiger partial charge >= 0.3 is 0 Å². The highest BCUT2D eigenvalue weighted by molar-refractivity contribution is 7.04. The normalized spacial score (nSPS) is 12.6. The van der Waals surface area contributed by atoms with Crippen molar-refractivity contribution in [3.63, 3.8) is 0 Å². The number of nitrogens with zero attached hydrogens (tertiary/aromatic N) is 1. The molecule has 4 nitrogen and oxygen atoms in total. The minimum Gasteiger partial charge on any atom is -0.508 e. The Morgan fingerprint density at radius 1 is 1.09 bits per heavy atom. The van der Waals surface area contributed by atoms with Gasteiger partial charge in [-0.15, -0.1) is 0 Å². The van der Waals surface area contributed by atoms with E-state index in [1.54, 1.807) is 12.1 Å². The van der Waals surface area contributed by atoms with Crippen LogP contribution in [0, 0.1) is 6.92 Å². The Balaban J connectivity index is 1.83. The standard InChI is InChI=1S/C17H13NO3S/c1-10-6-12(7-15-17(10)21-9-20-15)16-14(8-22-18-16)11-2-4-13(19)5-3-11/h2-8,19H,9H2,1H3. The lowest BCUT2D eigenvalue weighted by Crippen LogP contribution is -1.93. The van der Waals surface area contributed by atoms with Crippen molar-refractivity contribution in [1.82, 2.24) is 4.37 Å². The molecule has 2 aromatic carbocycles. The third-order valence-corrected chi connectivity index (χ3v) is 4.31. The Kier molecular flexibility index (Phi) is 3.01. The van der Waals surface area contributed by atoms with Gasteiger partial charge in [-0.1, -0.05) is 12.1 Å². The Labute approximate surface area is 131 Å². The molecule has 0 bridgehead atoms. The summed E-state index contributed by atoms with van der Waals surface area (Å²) in [7, 11) is 0. The number of phenolic OH excluding ortho intramolecular Hbond substituents is 1. The summed E-state index contributed by atoms with van der Waals surface area (Å²) in [6, 6.07) is 11.2. The molecular formula is C17H13NO3S. The number of hydrogen-bond acceptors (Lipinski definition) is 5. The van der Waals surface area contributed by atoms with E-state index in [-0.39, 0.29) is 12.5 Å². The van der Waals surface area contributed by atoms with Gasteiger partial charge in [-0.3, -0.25) is 0 Å². The first-order valence-electron chi connectivity index (χ1n) is 6.87. The van der Waals surface area contributed by atoms with Gasteiger partial charge in [-0.25, -0.2) is 0 Å². The molecule has 0 atom stereocenters. The van der Waals surface area contributed by atoms with E-state index < -0.39 is 0 Å². The number of ether oxygens (including phenoxy) is 2. The van der Waals surface area contributed by atoms with Crippen LogP contribution < -0.4 is 9.47 Å².